The summed E-state index contributed by atoms with van der Waals surface area (Å²) >= 11 is 1.34. The molecule has 0 saturated heterocycles. The summed E-state index contributed by atoms with van der Waals surface area (Å²) in [6, 6.07) is 16.7. The van der Waals surface area contributed by atoms with Crippen LogP contribution in [0.4, 0.5) is 0 Å². The average Bonchev–Trinajstić information content (AvgIpc) is 3.09. The number of para-hydroxylation sites is 1. The van der Waals surface area contributed by atoms with Gasteiger partial charge in [0.15, 0.2) is 0 Å². The molecule has 0 spiro atoms. The Hall–Kier alpha value is -3.08. The van der Waals surface area contributed by atoms with Crippen molar-refractivity contribution < 1.29 is 4.74 Å². The fraction of sp³-hybridized carbons (Fsp3) is 0.0556. The molecule has 2 heterocycles. The fourth-order valence-corrected chi connectivity index (χ4v) is 3.49. The van der Waals surface area contributed by atoms with Gasteiger partial charge in [-0.05, 0) is 30.3 Å². The summed E-state index contributed by atoms with van der Waals surface area (Å²) in [6.07, 6.45) is 2.81. The first-order valence-corrected chi connectivity index (χ1v) is 8.34. The number of fused-ring (bicyclic) bond motifs is 1. The van der Waals surface area contributed by atoms with Crippen LogP contribution in [0, 0.1) is 16.5 Å². The van der Waals surface area contributed by atoms with Gasteiger partial charge in [0.2, 0.25) is 0 Å². The quantitative estimate of drug-likeness (QED) is 0.842. The summed E-state index contributed by atoms with van der Waals surface area (Å²) in [7, 11) is 0. The van der Waals surface area contributed by atoms with E-state index in [-0.39, 0.29) is 0 Å². The third kappa shape index (κ3) is 3.01. The van der Waals surface area contributed by atoms with Crippen LogP contribution < -0.4 is 4.74 Å². The number of hydroxylamine groups is 2. The molecular weight excluding hydrogens is 336 g/mol. The summed E-state index contributed by atoms with van der Waals surface area (Å²) in [6.45, 7) is 0. The molecule has 0 fully saturated rings. The minimum Gasteiger partial charge on any atom is -0.757 e. The van der Waals surface area contributed by atoms with E-state index in [0.717, 1.165) is 10.6 Å². The molecule has 0 amide bonds. The molecule has 1 atom stereocenters. The van der Waals surface area contributed by atoms with E-state index in [4.69, 9.17) is 4.74 Å². The number of hydrogen-bond donors (Lipinski definition) is 0. The highest BCUT2D eigenvalue weighted by Crippen LogP contribution is 2.37. The normalized spacial score (nSPS) is 18.2. The number of benzene rings is 2. The molecule has 2 aromatic carbocycles. The van der Waals surface area contributed by atoms with Crippen molar-refractivity contribution >= 4 is 23.1 Å². The molecule has 4 rings (SSSR count). The van der Waals surface area contributed by atoms with Gasteiger partial charge >= 0.3 is 0 Å². The molecule has 1 unspecified atom stereocenters. The van der Waals surface area contributed by atoms with Crippen molar-refractivity contribution in [1.82, 2.24) is 5.06 Å². The molecule has 25 heavy (non-hydrogen) atoms. The third-order valence-electron chi connectivity index (χ3n) is 3.64. The van der Waals surface area contributed by atoms with Crippen molar-refractivity contribution in [3.63, 3.8) is 0 Å². The van der Waals surface area contributed by atoms with Crippen LogP contribution in [0.5, 0.6) is 11.5 Å². The van der Waals surface area contributed by atoms with Gasteiger partial charge in [0.1, 0.15) is 28.0 Å². The second-order valence-electron chi connectivity index (χ2n) is 5.30. The first-order valence-electron chi connectivity index (χ1n) is 7.46. The van der Waals surface area contributed by atoms with Crippen molar-refractivity contribution in [2.24, 2.45) is 9.98 Å². The van der Waals surface area contributed by atoms with Gasteiger partial charge in [-0.2, -0.15) is 5.26 Å². The van der Waals surface area contributed by atoms with Crippen molar-refractivity contribution in [3.05, 3.63) is 76.8 Å². The van der Waals surface area contributed by atoms with Gasteiger partial charge in [0, 0.05) is 5.56 Å². The molecule has 0 aliphatic carbocycles. The molecule has 0 aromatic heterocycles. The number of aliphatic imine (C=N–C) groups is 2. The Kier molecular flexibility index (Phi) is 3.98. The molecule has 2 aromatic rings. The predicted molar refractivity (Wildman–Crippen MR) is 97.4 cm³/mol. The number of thioether (sulfide) groups is 1. The smallest absolute Gasteiger partial charge is 0.145 e. The van der Waals surface area contributed by atoms with E-state index >= 15 is 0 Å². The Bertz CT molecular complexity index is 947. The van der Waals surface area contributed by atoms with E-state index in [2.05, 4.69) is 16.1 Å². The molecule has 7 heteroatoms. The van der Waals surface area contributed by atoms with Crippen LogP contribution in [0.1, 0.15) is 11.1 Å². The Morgan fingerprint density at radius 1 is 1.20 bits per heavy atom. The second kappa shape index (κ2) is 6.43. The number of ether oxygens (including phenoxy) is 1. The van der Waals surface area contributed by atoms with Crippen molar-refractivity contribution in [1.29, 1.82) is 5.26 Å². The highest BCUT2D eigenvalue weighted by molar-refractivity contribution is 8.15. The van der Waals surface area contributed by atoms with E-state index in [1.54, 1.807) is 18.3 Å². The number of rotatable bonds is 3. The van der Waals surface area contributed by atoms with Crippen LogP contribution in [-0.2, 0) is 0 Å². The largest absolute Gasteiger partial charge is 0.757 e. The predicted octanol–water partition coefficient (Wildman–Crippen LogP) is 3.85. The van der Waals surface area contributed by atoms with Gasteiger partial charge < -0.3 is 15.0 Å². The van der Waals surface area contributed by atoms with Crippen molar-refractivity contribution in [2.75, 3.05) is 0 Å². The highest BCUT2D eigenvalue weighted by Gasteiger charge is 2.28. The molecule has 6 nitrogen and oxygen atoms in total. The monoisotopic (exact) mass is 347 g/mol. The lowest BCUT2D eigenvalue weighted by molar-refractivity contribution is 0.481. The fourth-order valence-electron chi connectivity index (χ4n) is 2.46. The summed E-state index contributed by atoms with van der Waals surface area (Å²) < 4.78 is 5.77. The molecule has 122 valence electrons. The SMILES string of the molecule is N#Cc1cc(C2=NC3=CN=CN([O-])C3S2)ccc1Oc1ccccc1. The summed E-state index contributed by atoms with van der Waals surface area (Å²) in [5, 5.41) is 22.3. The number of hydrogen-bond acceptors (Lipinski definition) is 7. The van der Waals surface area contributed by atoms with E-state index in [1.165, 1.54) is 18.1 Å². The average molecular weight is 347 g/mol. The Morgan fingerprint density at radius 2 is 2.04 bits per heavy atom. The molecule has 0 bridgehead atoms. The van der Waals surface area contributed by atoms with E-state index < -0.39 is 5.37 Å². The maximum absolute atomic E-state index is 11.8. The molecule has 2 aliphatic heterocycles. The molecule has 2 aliphatic rings. The summed E-state index contributed by atoms with van der Waals surface area (Å²) in [4.78, 5) is 8.31. The molecule has 0 saturated carbocycles. The van der Waals surface area contributed by atoms with Gasteiger partial charge in [-0.3, -0.25) is 0 Å². The Balaban J connectivity index is 1.63. The lowest BCUT2D eigenvalue weighted by Crippen LogP contribution is -2.27. The maximum atomic E-state index is 11.8. The molecule has 0 N–H and O–H groups in total. The van der Waals surface area contributed by atoms with Crippen LogP contribution >= 0.6 is 11.8 Å². The minimum atomic E-state index is -0.418. The van der Waals surface area contributed by atoms with Crippen LogP contribution in [0.2, 0.25) is 0 Å². The first kappa shape index (κ1) is 15.4. The van der Waals surface area contributed by atoms with Gasteiger partial charge in [0.25, 0.3) is 0 Å². The second-order valence-corrected chi connectivity index (χ2v) is 6.37. The van der Waals surface area contributed by atoms with Gasteiger partial charge in [-0.15, -0.1) is 0 Å². The lowest BCUT2D eigenvalue weighted by Gasteiger charge is -2.33. The third-order valence-corrected chi connectivity index (χ3v) is 4.87. The zero-order chi connectivity index (χ0) is 17.2. The first-order chi connectivity index (χ1) is 12.2. The van der Waals surface area contributed by atoms with E-state index in [9.17, 15) is 10.5 Å². The van der Waals surface area contributed by atoms with E-state index in [0.29, 0.717) is 27.8 Å². The summed E-state index contributed by atoms with van der Waals surface area (Å²) in [5.41, 5.74) is 1.79. The van der Waals surface area contributed by atoms with Crippen LogP contribution in [0.3, 0.4) is 0 Å². The van der Waals surface area contributed by atoms with Gasteiger partial charge in [0.05, 0.1) is 23.8 Å². The molecular formula is C18H11N4O2S-. The minimum absolute atomic E-state index is 0.406. The maximum Gasteiger partial charge on any atom is 0.145 e. The topological polar surface area (TPSA) is 84.0 Å². The Labute approximate surface area is 148 Å². The van der Waals surface area contributed by atoms with Crippen LogP contribution in [0.15, 0.2) is 70.4 Å². The van der Waals surface area contributed by atoms with Crippen molar-refractivity contribution in [2.45, 2.75) is 5.37 Å². The zero-order valence-corrected chi connectivity index (χ0v) is 13.7. The number of nitrogens with zero attached hydrogens (tertiary/aromatic N) is 4. The van der Waals surface area contributed by atoms with E-state index in [1.807, 2.05) is 36.4 Å². The van der Waals surface area contributed by atoms with Crippen LogP contribution in [-0.4, -0.2) is 21.8 Å². The molecule has 0 radical (unpaired) electrons. The summed E-state index contributed by atoms with van der Waals surface area (Å²) in [5.74, 6) is 1.14. The number of nitriles is 1. The highest BCUT2D eigenvalue weighted by atomic mass is 32.2. The van der Waals surface area contributed by atoms with Crippen LogP contribution in [0.25, 0.3) is 0 Å². The zero-order valence-electron chi connectivity index (χ0n) is 12.9. The van der Waals surface area contributed by atoms with Gasteiger partial charge in [-0.25, -0.2) is 9.98 Å². The standard InChI is InChI=1S/C18H11N4O2S/c19-9-13-8-12(6-7-16(13)24-14-4-2-1-3-5-14)17-21-15-10-20-11-22(23)18(15)25-17/h1-8,10-11,18H/q-1. The Morgan fingerprint density at radius 3 is 2.80 bits per heavy atom. The van der Waals surface area contributed by atoms with Gasteiger partial charge in [-0.1, -0.05) is 30.0 Å². The van der Waals surface area contributed by atoms with Crippen molar-refractivity contribution in [3.8, 4) is 17.6 Å². The lowest BCUT2D eigenvalue weighted by atomic mass is 10.1.